The van der Waals surface area contributed by atoms with Gasteiger partial charge in [0.05, 0.1) is 22.8 Å². The third-order valence-corrected chi connectivity index (χ3v) is 5.07. The lowest BCUT2D eigenvalue weighted by atomic mass is 10.2. The minimum Gasteiger partial charge on any atom is -0.324 e. The van der Waals surface area contributed by atoms with Crippen molar-refractivity contribution < 1.29 is 37.2 Å². The minimum atomic E-state index is -4.57. The zero-order valence-electron chi connectivity index (χ0n) is 16.1. The standard InChI is InChI=1S/C18H18ClF3N4O5/c19-12-2-1-11(18(20,21)22)9-13(12)23-14(27)10-24-5-7-25(8-6-24)17(30)31-26-15(28)3-4-16(26)29/h1-2,9H,3-8,10H2,(H,23,27). The molecule has 2 aliphatic heterocycles. The summed E-state index contributed by atoms with van der Waals surface area (Å²) in [5, 5.41) is 2.79. The molecule has 0 atom stereocenters. The van der Waals surface area contributed by atoms with Gasteiger partial charge in [0.1, 0.15) is 0 Å². The number of rotatable bonds is 4. The maximum absolute atomic E-state index is 12.8. The van der Waals surface area contributed by atoms with Gasteiger partial charge in [-0.25, -0.2) is 4.79 Å². The summed E-state index contributed by atoms with van der Waals surface area (Å²) >= 11 is 5.87. The Balaban J connectivity index is 1.49. The fourth-order valence-corrected chi connectivity index (χ4v) is 3.24. The molecule has 1 aromatic carbocycles. The Kier molecular flexibility index (Phi) is 6.70. The number of piperazine rings is 1. The van der Waals surface area contributed by atoms with Crippen LogP contribution in [0.15, 0.2) is 18.2 Å². The highest BCUT2D eigenvalue weighted by atomic mass is 35.5. The lowest BCUT2D eigenvalue weighted by molar-refractivity contribution is -0.174. The van der Waals surface area contributed by atoms with Crippen LogP contribution in [0, 0.1) is 0 Å². The maximum Gasteiger partial charge on any atom is 0.434 e. The first-order chi connectivity index (χ1) is 14.5. The lowest BCUT2D eigenvalue weighted by Gasteiger charge is -2.33. The van der Waals surface area contributed by atoms with Gasteiger partial charge in [-0.3, -0.25) is 19.3 Å². The van der Waals surface area contributed by atoms with Gasteiger partial charge in [-0.05, 0) is 18.2 Å². The summed E-state index contributed by atoms with van der Waals surface area (Å²) in [6.07, 6.45) is -5.43. The number of hydrogen-bond acceptors (Lipinski definition) is 6. The number of anilines is 1. The van der Waals surface area contributed by atoms with Gasteiger partial charge in [-0.15, -0.1) is 5.06 Å². The molecule has 1 aromatic rings. The van der Waals surface area contributed by atoms with Crippen molar-refractivity contribution in [3.05, 3.63) is 28.8 Å². The molecular weight excluding hydrogens is 445 g/mol. The number of alkyl halides is 3. The predicted molar refractivity (Wildman–Crippen MR) is 101 cm³/mol. The Morgan fingerprint density at radius 3 is 2.26 bits per heavy atom. The Morgan fingerprint density at radius 2 is 1.68 bits per heavy atom. The van der Waals surface area contributed by atoms with Gasteiger partial charge in [0.15, 0.2) is 0 Å². The van der Waals surface area contributed by atoms with Crippen LogP contribution < -0.4 is 5.32 Å². The molecule has 0 unspecified atom stereocenters. The van der Waals surface area contributed by atoms with E-state index in [2.05, 4.69) is 5.32 Å². The van der Waals surface area contributed by atoms with Gasteiger partial charge in [-0.2, -0.15) is 13.2 Å². The summed E-state index contributed by atoms with van der Waals surface area (Å²) in [5.74, 6) is -1.73. The van der Waals surface area contributed by atoms with E-state index in [0.717, 1.165) is 18.2 Å². The molecule has 2 heterocycles. The number of nitrogens with zero attached hydrogens (tertiary/aromatic N) is 3. The summed E-state index contributed by atoms with van der Waals surface area (Å²) in [6.45, 7) is 0.777. The van der Waals surface area contributed by atoms with Crippen LogP contribution in [0.5, 0.6) is 0 Å². The van der Waals surface area contributed by atoms with Crippen LogP contribution in [0.1, 0.15) is 18.4 Å². The number of hydroxylamine groups is 2. The zero-order chi connectivity index (χ0) is 22.8. The second kappa shape index (κ2) is 9.10. The second-order valence-electron chi connectivity index (χ2n) is 6.94. The number of nitrogens with one attached hydrogen (secondary N) is 1. The van der Waals surface area contributed by atoms with Crippen LogP contribution in [-0.2, 0) is 25.4 Å². The van der Waals surface area contributed by atoms with E-state index in [1.807, 2.05) is 0 Å². The topological polar surface area (TPSA) is 99.3 Å². The fraction of sp³-hybridized carbons (Fsp3) is 0.444. The molecule has 2 aliphatic rings. The van der Waals surface area contributed by atoms with E-state index < -0.39 is 35.6 Å². The molecule has 31 heavy (non-hydrogen) atoms. The van der Waals surface area contributed by atoms with Crippen LogP contribution in [-0.4, -0.2) is 71.4 Å². The average Bonchev–Trinajstić information content (AvgIpc) is 3.01. The fourth-order valence-electron chi connectivity index (χ4n) is 3.07. The first-order valence-electron chi connectivity index (χ1n) is 9.26. The molecule has 4 amide bonds. The van der Waals surface area contributed by atoms with E-state index in [-0.39, 0.29) is 56.3 Å². The van der Waals surface area contributed by atoms with Gasteiger partial charge in [0.25, 0.3) is 11.8 Å². The van der Waals surface area contributed by atoms with Crippen molar-refractivity contribution in [2.24, 2.45) is 0 Å². The third kappa shape index (κ3) is 5.64. The first kappa shape index (κ1) is 22.8. The largest absolute Gasteiger partial charge is 0.434 e. The van der Waals surface area contributed by atoms with Crippen molar-refractivity contribution in [1.29, 1.82) is 0 Å². The van der Waals surface area contributed by atoms with Crippen molar-refractivity contribution in [3.63, 3.8) is 0 Å². The highest BCUT2D eigenvalue weighted by Crippen LogP contribution is 2.33. The molecule has 0 radical (unpaired) electrons. The molecular formula is C18H18ClF3N4O5. The molecule has 3 rings (SSSR count). The van der Waals surface area contributed by atoms with Crippen LogP contribution in [0.2, 0.25) is 5.02 Å². The summed E-state index contributed by atoms with van der Waals surface area (Å²) in [4.78, 5) is 55.2. The van der Waals surface area contributed by atoms with Gasteiger partial charge in [0.2, 0.25) is 5.91 Å². The molecule has 0 saturated carbocycles. The van der Waals surface area contributed by atoms with Gasteiger partial charge in [-0.1, -0.05) is 11.6 Å². The normalized spacial score (nSPS) is 17.8. The molecule has 0 bridgehead atoms. The van der Waals surface area contributed by atoms with E-state index in [9.17, 15) is 32.3 Å². The number of amides is 4. The third-order valence-electron chi connectivity index (χ3n) is 4.74. The Hall–Kier alpha value is -2.86. The van der Waals surface area contributed by atoms with Crippen LogP contribution in [0.3, 0.4) is 0 Å². The summed E-state index contributed by atoms with van der Waals surface area (Å²) in [6, 6.07) is 2.63. The minimum absolute atomic E-state index is 0.00903. The van der Waals surface area contributed by atoms with Crippen molar-refractivity contribution in [2.45, 2.75) is 19.0 Å². The second-order valence-corrected chi connectivity index (χ2v) is 7.35. The van der Waals surface area contributed by atoms with E-state index in [1.165, 1.54) is 4.90 Å². The molecule has 2 fully saturated rings. The highest BCUT2D eigenvalue weighted by Gasteiger charge is 2.35. The SMILES string of the molecule is O=C(CN1CCN(C(=O)ON2C(=O)CCC2=O)CC1)Nc1cc(C(F)(F)F)ccc1Cl. The Morgan fingerprint density at radius 1 is 1.06 bits per heavy atom. The molecule has 1 N–H and O–H groups in total. The predicted octanol–water partition coefficient (Wildman–Crippen LogP) is 2.12. The van der Waals surface area contributed by atoms with Crippen molar-refractivity contribution in [3.8, 4) is 0 Å². The Labute approximate surface area is 179 Å². The number of benzene rings is 1. The Bertz CT molecular complexity index is 887. The average molecular weight is 463 g/mol. The smallest absolute Gasteiger partial charge is 0.324 e. The zero-order valence-corrected chi connectivity index (χ0v) is 16.8. The van der Waals surface area contributed by atoms with Gasteiger partial charge < -0.3 is 15.1 Å². The molecule has 0 spiro atoms. The van der Waals surface area contributed by atoms with Crippen LogP contribution >= 0.6 is 11.6 Å². The van der Waals surface area contributed by atoms with Crippen molar-refractivity contribution in [2.75, 3.05) is 38.0 Å². The highest BCUT2D eigenvalue weighted by molar-refractivity contribution is 6.33. The molecule has 9 nitrogen and oxygen atoms in total. The van der Waals surface area contributed by atoms with E-state index >= 15 is 0 Å². The maximum atomic E-state index is 12.8. The van der Waals surface area contributed by atoms with Crippen LogP contribution in [0.4, 0.5) is 23.7 Å². The summed E-state index contributed by atoms with van der Waals surface area (Å²) in [7, 11) is 0. The number of hydrogen-bond donors (Lipinski definition) is 1. The first-order valence-corrected chi connectivity index (χ1v) is 9.64. The quantitative estimate of drug-likeness (QED) is 0.688. The van der Waals surface area contributed by atoms with Gasteiger partial charge in [0, 0.05) is 39.0 Å². The molecule has 0 aliphatic carbocycles. The van der Waals surface area contributed by atoms with E-state index in [4.69, 9.17) is 16.4 Å². The molecule has 2 saturated heterocycles. The van der Waals surface area contributed by atoms with Crippen molar-refractivity contribution >= 4 is 41.1 Å². The monoisotopic (exact) mass is 462 g/mol. The summed E-state index contributed by atoms with van der Waals surface area (Å²) < 4.78 is 38.5. The van der Waals surface area contributed by atoms with Crippen LogP contribution in [0.25, 0.3) is 0 Å². The van der Waals surface area contributed by atoms with Crippen molar-refractivity contribution in [1.82, 2.24) is 14.9 Å². The summed E-state index contributed by atoms with van der Waals surface area (Å²) in [5.41, 5.74) is -1.09. The molecule has 13 heteroatoms. The number of carbonyl (C=O) groups is 4. The van der Waals surface area contributed by atoms with Gasteiger partial charge >= 0.3 is 12.3 Å². The molecule has 168 valence electrons. The molecule has 0 aromatic heterocycles. The number of halogens is 4. The number of imide groups is 1. The number of carbonyl (C=O) groups excluding carboxylic acids is 4. The van der Waals surface area contributed by atoms with E-state index in [0.29, 0.717) is 5.06 Å². The van der Waals surface area contributed by atoms with E-state index in [1.54, 1.807) is 4.90 Å². The lowest BCUT2D eigenvalue weighted by Crippen LogP contribution is -2.51.